The number of hydrogen-bond acceptors (Lipinski definition) is 4. The quantitative estimate of drug-likeness (QED) is 0.786. The molecule has 0 unspecified atom stereocenters. The summed E-state index contributed by atoms with van der Waals surface area (Å²) in [4.78, 5) is 16.0. The highest BCUT2D eigenvalue weighted by molar-refractivity contribution is 5.78. The molecule has 0 aliphatic carbocycles. The van der Waals surface area contributed by atoms with E-state index in [1.165, 1.54) is 12.1 Å². The average Bonchev–Trinajstić information content (AvgIpc) is 3.04. The maximum absolute atomic E-state index is 12.9. The Morgan fingerprint density at radius 2 is 1.83 bits per heavy atom. The molecule has 3 aromatic rings. The maximum atomic E-state index is 12.9. The zero-order valence-electron chi connectivity index (χ0n) is 12.2. The summed E-state index contributed by atoms with van der Waals surface area (Å²) in [6.45, 7) is 0.177. The number of carbonyl (C=O) groups excluding carboxylic acids is 1. The van der Waals surface area contributed by atoms with Crippen LogP contribution in [0.2, 0.25) is 0 Å². The summed E-state index contributed by atoms with van der Waals surface area (Å²) in [5.41, 5.74) is 1.56. The van der Waals surface area contributed by atoms with Crippen LogP contribution in [-0.4, -0.2) is 16.0 Å². The molecule has 1 amide bonds. The molecule has 6 heteroatoms. The predicted octanol–water partition coefficient (Wildman–Crippen LogP) is 2.73. The van der Waals surface area contributed by atoms with Crippen molar-refractivity contribution in [2.24, 2.45) is 0 Å². The third kappa shape index (κ3) is 4.00. The average molecular weight is 311 g/mol. The molecule has 0 radical (unpaired) electrons. The number of nitrogens with one attached hydrogen (secondary N) is 1. The molecule has 3 rings (SSSR count). The van der Waals surface area contributed by atoms with Gasteiger partial charge in [-0.15, -0.1) is 0 Å². The number of benzene rings is 2. The van der Waals surface area contributed by atoms with Gasteiger partial charge in [0.2, 0.25) is 5.91 Å². The van der Waals surface area contributed by atoms with Crippen molar-refractivity contribution in [3.63, 3.8) is 0 Å². The minimum Gasteiger partial charge on any atom is -0.348 e. The van der Waals surface area contributed by atoms with Gasteiger partial charge in [-0.25, -0.2) is 4.39 Å². The van der Waals surface area contributed by atoms with Crippen LogP contribution < -0.4 is 5.32 Å². The molecule has 1 N–H and O–H groups in total. The van der Waals surface area contributed by atoms with Crippen molar-refractivity contribution in [1.82, 2.24) is 15.5 Å². The van der Waals surface area contributed by atoms with Crippen molar-refractivity contribution in [1.29, 1.82) is 0 Å². The highest BCUT2D eigenvalue weighted by atomic mass is 19.1. The summed E-state index contributed by atoms with van der Waals surface area (Å²) < 4.78 is 18.0. The van der Waals surface area contributed by atoms with Crippen LogP contribution in [0.4, 0.5) is 4.39 Å². The van der Waals surface area contributed by atoms with Crippen LogP contribution in [0.15, 0.2) is 59.1 Å². The zero-order chi connectivity index (χ0) is 16.1. The van der Waals surface area contributed by atoms with Crippen molar-refractivity contribution in [2.75, 3.05) is 0 Å². The minimum atomic E-state index is -0.332. The van der Waals surface area contributed by atoms with Crippen LogP contribution in [0.25, 0.3) is 11.5 Å². The van der Waals surface area contributed by atoms with Crippen LogP contribution in [0, 0.1) is 5.82 Å². The third-order valence-corrected chi connectivity index (χ3v) is 3.21. The van der Waals surface area contributed by atoms with Crippen molar-refractivity contribution >= 4 is 5.91 Å². The lowest BCUT2D eigenvalue weighted by molar-refractivity contribution is -0.120. The van der Waals surface area contributed by atoms with Crippen molar-refractivity contribution in [3.8, 4) is 11.5 Å². The molecule has 0 bridgehead atoms. The Morgan fingerprint density at radius 3 is 2.57 bits per heavy atom. The molecule has 23 heavy (non-hydrogen) atoms. The summed E-state index contributed by atoms with van der Waals surface area (Å²) in [5, 5.41) is 6.54. The largest absolute Gasteiger partial charge is 0.348 e. The molecule has 116 valence electrons. The molecular weight excluding hydrogens is 297 g/mol. The second-order valence-corrected chi connectivity index (χ2v) is 4.96. The first kappa shape index (κ1) is 14.9. The van der Waals surface area contributed by atoms with Crippen LogP contribution in [0.1, 0.15) is 11.4 Å². The van der Waals surface area contributed by atoms with Crippen molar-refractivity contribution in [3.05, 3.63) is 71.8 Å². The van der Waals surface area contributed by atoms with E-state index in [9.17, 15) is 9.18 Å². The summed E-state index contributed by atoms with van der Waals surface area (Å²) in [6.07, 6.45) is 0.295. The summed E-state index contributed by atoms with van der Waals surface area (Å²) in [5.74, 6) is 0.203. The maximum Gasteiger partial charge on any atom is 0.257 e. The van der Waals surface area contributed by atoms with Crippen molar-refractivity contribution < 1.29 is 13.7 Å². The molecule has 1 heterocycles. The van der Waals surface area contributed by atoms with E-state index in [4.69, 9.17) is 4.52 Å². The van der Waals surface area contributed by atoms with E-state index >= 15 is 0 Å². The second-order valence-electron chi connectivity index (χ2n) is 4.96. The van der Waals surface area contributed by atoms with Crippen LogP contribution in [0.5, 0.6) is 0 Å². The Kier molecular flexibility index (Phi) is 4.42. The first-order valence-electron chi connectivity index (χ1n) is 7.10. The highest BCUT2D eigenvalue weighted by Gasteiger charge is 2.10. The van der Waals surface area contributed by atoms with E-state index in [2.05, 4.69) is 15.5 Å². The molecule has 0 saturated carbocycles. The van der Waals surface area contributed by atoms with Gasteiger partial charge in [0.15, 0.2) is 5.82 Å². The number of amides is 1. The fraction of sp³-hybridized carbons (Fsp3) is 0.118. The Hall–Kier alpha value is -3.02. The number of aromatic nitrogens is 2. The van der Waals surface area contributed by atoms with E-state index in [1.54, 1.807) is 12.1 Å². The molecule has 0 saturated heterocycles. The van der Waals surface area contributed by atoms with Gasteiger partial charge in [0, 0.05) is 5.56 Å². The van der Waals surface area contributed by atoms with Gasteiger partial charge < -0.3 is 9.84 Å². The number of carbonyl (C=O) groups is 1. The Morgan fingerprint density at radius 1 is 1.09 bits per heavy atom. The Bertz CT molecular complexity index is 785. The number of rotatable bonds is 5. The van der Waals surface area contributed by atoms with Gasteiger partial charge >= 0.3 is 0 Å². The third-order valence-electron chi connectivity index (χ3n) is 3.21. The SMILES string of the molecule is O=C(Cc1ccccc1)NCc1noc(-c2ccc(F)cc2)n1. The Labute approximate surface area is 132 Å². The second kappa shape index (κ2) is 6.83. The van der Waals surface area contributed by atoms with Crippen LogP contribution >= 0.6 is 0 Å². The zero-order valence-corrected chi connectivity index (χ0v) is 12.2. The lowest BCUT2D eigenvalue weighted by atomic mass is 10.1. The predicted molar refractivity (Wildman–Crippen MR) is 81.7 cm³/mol. The lowest BCUT2D eigenvalue weighted by Gasteiger charge is -2.02. The lowest BCUT2D eigenvalue weighted by Crippen LogP contribution is -2.25. The monoisotopic (exact) mass is 311 g/mol. The molecular formula is C17H14FN3O2. The van der Waals surface area contributed by atoms with E-state index in [1.807, 2.05) is 30.3 Å². The normalized spacial score (nSPS) is 10.5. The van der Waals surface area contributed by atoms with E-state index in [-0.39, 0.29) is 24.2 Å². The van der Waals surface area contributed by atoms with Crippen molar-refractivity contribution in [2.45, 2.75) is 13.0 Å². The van der Waals surface area contributed by atoms with E-state index in [0.717, 1.165) is 5.56 Å². The summed E-state index contributed by atoms with van der Waals surface area (Å²) in [6, 6.07) is 15.2. The molecule has 2 aromatic carbocycles. The molecule has 1 aromatic heterocycles. The van der Waals surface area contributed by atoms with E-state index in [0.29, 0.717) is 17.8 Å². The van der Waals surface area contributed by atoms with E-state index < -0.39 is 0 Å². The molecule has 5 nitrogen and oxygen atoms in total. The molecule has 0 aliphatic heterocycles. The number of nitrogens with zero attached hydrogens (tertiary/aromatic N) is 2. The van der Waals surface area contributed by atoms with Crippen LogP contribution in [-0.2, 0) is 17.8 Å². The molecule has 0 fully saturated rings. The van der Waals surface area contributed by atoms with Gasteiger partial charge in [0.25, 0.3) is 5.89 Å². The minimum absolute atomic E-state index is 0.121. The van der Waals surface area contributed by atoms with Crippen LogP contribution in [0.3, 0.4) is 0 Å². The van der Waals surface area contributed by atoms with Gasteiger partial charge in [-0.1, -0.05) is 35.5 Å². The van der Waals surface area contributed by atoms with Gasteiger partial charge in [0.05, 0.1) is 13.0 Å². The standard InChI is InChI=1S/C17H14FN3O2/c18-14-8-6-13(7-9-14)17-20-15(21-23-17)11-19-16(22)10-12-4-2-1-3-5-12/h1-9H,10-11H2,(H,19,22). The fourth-order valence-corrected chi connectivity index (χ4v) is 2.06. The number of hydrogen-bond donors (Lipinski definition) is 1. The highest BCUT2D eigenvalue weighted by Crippen LogP contribution is 2.17. The number of halogens is 1. The Balaban J connectivity index is 1.57. The fourth-order valence-electron chi connectivity index (χ4n) is 2.06. The first-order chi connectivity index (χ1) is 11.2. The van der Waals surface area contributed by atoms with Gasteiger partial charge in [-0.2, -0.15) is 4.98 Å². The molecule has 0 aliphatic rings. The first-order valence-corrected chi connectivity index (χ1v) is 7.10. The molecule has 0 atom stereocenters. The van der Waals surface area contributed by atoms with Gasteiger partial charge in [-0.05, 0) is 29.8 Å². The summed E-state index contributed by atoms with van der Waals surface area (Å²) in [7, 11) is 0. The smallest absolute Gasteiger partial charge is 0.257 e. The van der Waals surface area contributed by atoms with Gasteiger partial charge in [0.1, 0.15) is 5.82 Å². The summed E-state index contributed by atoms with van der Waals surface area (Å²) >= 11 is 0. The molecule has 0 spiro atoms. The van der Waals surface area contributed by atoms with Gasteiger partial charge in [-0.3, -0.25) is 4.79 Å². The topological polar surface area (TPSA) is 68.0 Å².